The second kappa shape index (κ2) is 12.7. The quantitative estimate of drug-likeness (QED) is 0.174. The van der Waals surface area contributed by atoms with Crippen molar-refractivity contribution in [1.82, 2.24) is 10.3 Å². The van der Waals surface area contributed by atoms with Crippen LogP contribution in [0.25, 0.3) is 10.9 Å². The topological polar surface area (TPSA) is 137 Å². The number of aromatic nitrogens is 1. The van der Waals surface area contributed by atoms with Gasteiger partial charge in [0.2, 0.25) is 11.8 Å². The molecule has 3 N–H and O–H groups in total. The highest BCUT2D eigenvalue weighted by atomic mass is 16.6. The monoisotopic (exact) mass is 612 g/mol. The van der Waals surface area contributed by atoms with Gasteiger partial charge in [0.05, 0.1) is 19.7 Å². The average molecular weight is 613 g/mol. The highest BCUT2D eigenvalue weighted by Crippen LogP contribution is 2.47. The fraction of sp³-hybridized carbons (Fsp3) is 0.294. The number of alkyl carbamates (subject to hydrolysis) is 1. The molecule has 0 aliphatic heterocycles. The maximum atomic E-state index is 13.2. The molecule has 1 aromatic heterocycles. The van der Waals surface area contributed by atoms with Crippen molar-refractivity contribution in [3.8, 4) is 23.0 Å². The molecule has 0 bridgehead atoms. The summed E-state index contributed by atoms with van der Waals surface area (Å²) in [6.07, 6.45) is 2.00. The predicted octanol–water partition coefficient (Wildman–Crippen LogP) is 6.43. The molecule has 1 heterocycles. The molecule has 45 heavy (non-hydrogen) atoms. The molecule has 0 spiro atoms. The van der Waals surface area contributed by atoms with Crippen LogP contribution in [0.15, 0.2) is 72.9 Å². The summed E-state index contributed by atoms with van der Waals surface area (Å²) >= 11 is 0. The Kier molecular flexibility index (Phi) is 8.80. The van der Waals surface area contributed by atoms with E-state index in [0.717, 1.165) is 10.9 Å². The van der Waals surface area contributed by atoms with Crippen LogP contribution in [0.4, 0.5) is 16.2 Å². The first-order chi connectivity index (χ1) is 21.5. The zero-order chi connectivity index (χ0) is 32.2. The maximum Gasteiger partial charge on any atom is 0.407 e. The molecule has 1 aliphatic rings. The fourth-order valence-electron chi connectivity index (χ4n) is 4.70. The first-order valence-corrected chi connectivity index (χ1v) is 14.5. The van der Waals surface area contributed by atoms with E-state index in [4.69, 9.17) is 18.9 Å². The van der Waals surface area contributed by atoms with Gasteiger partial charge in [-0.05, 0) is 87.7 Å². The first-order valence-electron chi connectivity index (χ1n) is 14.5. The van der Waals surface area contributed by atoms with Crippen molar-refractivity contribution in [2.75, 3.05) is 24.9 Å². The van der Waals surface area contributed by atoms with E-state index < -0.39 is 17.1 Å². The molecule has 4 aromatic rings. The third-order valence-corrected chi connectivity index (χ3v) is 7.19. The third kappa shape index (κ3) is 7.43. The number of benzene rings is 3. The number of fused-ring (bicyclic) bond motifs is 1. The molecule has 0 radical (unpaired) electrons. The molecule has 234 valence electrons. The Balaban J connectivity index is 1.19. The highest BCUT2D eigenvalue weighted by Gasteiger charge is 2.56. The van der Waals surface area contributed by atoms with Crippen LogP contribution in [0, 0.1) is 5.41 Å². The van der Waals surface area contributed by atoms with Crippen molar-refractivity contribution in [2.24, 2.45) is 5.41 Å². The normalized spacial score (nSPS) is 13.4. The van der Waals surface area contributed by atoms with Crippen LogP contribution in [0.1, 0.15) is 39.2 Å². The van der Waals surface area contributed by atoms with Gasteiger partial charge < -0.3 is 34.9 Å². The average Bonchev–Trinajstić information content (AvgIpc) is 3.82. The van der Waals surface area contributed by atoms with Crippen LogP contribution in [-0.4, -0.2) is 42.7 Å². The highest BCUT2D eigenvalue weighted by molar-refractivity contribution is 6.16. The zero-order valence-electron chi connectivity index (χ0n) is 25.9. The SMILES string of the molecule is COc1cc2nccc(Oc3ccc(NC(=O)C4(C(=O)Nc5cccc(CNC(=O)OC(C)(C)C)c5)CC4)cc3)c2cc1OC. The number of ether oxygens (including phenoxy) is 4. The van der Waals surface area contributed by atoms with Gasteiger partial charge in [0, 0.05) is 35.6 Å². The predicted molar refractivity (Wildman–Crippen MR) is 170 cm³/mol. The summed E-state index contributed by atoms with van der Waals surface area (Å²) in [6.45, 7) is 5.59. The number of carbonyl (C=O) groups is 3. The van der Waals surface area contributed by atoms with Crippen molar-refractivity contribution >= 4 is 40.2 Å². The summed E-state index contributed by atoms with van der Waals surface area (Å²) in [5.74, 6) is 1.50. The minimum absolute atomic E-state index is 0.226. The lowest BCUT2D eigenvalue weighted by Crippen LogP contribution is -2.35. The van der Waals surface area contributed by atoms with E-state index in [1.807, 2.05) is 12.1 Å². The lowest BCUT2D eigenvalue weighted by molar-refractivity contribution is -0.131. The van der Waals surface area contributed by atoms with E-state index in [9.17, 15) is 14.4 Å². The van der Waals surface area contributed by atoms with E-state index in [1.165, 1.54) is 0 Å². The van der Waals surface area contributed by atoms with E-state index in [1.54, 1.807) is 95.8 Å². The summed E-state index contributed by atoms with van der Waals surface area (Å²) < 4.78 is 22.2. The van der Waals surface area contributed by atoms with Crippen molar-refractivity contribution in [1.29, 1.82) is 0 Å². The molecule has 1 saturated carbocycles. The summed E-state index contributed by atoms with van der Waals surface area (Å²) in [5, 5.41) is 9.17. The minimum Gasteiger partial charge on any atom is -0.493 e. The Labute approximate surface area is 261 Å². The Morgan fingerprint density at radius 2 is 1.49 bits per heavy atom. The summed E-state index contributed by atoms with van der Waals surface area (Å²) in [6, 6.07) is 19.3. The van der Waals surface area contributed by atoms with Crippen molar-refractivity contribution < 1.29 is 33.3 Å². The van der Waals surface area contributed by atoms with E-state index in [2.05, 4.69) is 20.9 Å². The van der Waals surface area contributed by atoms with Crippen molar-refractivity contribution in [2.45, 2.75) is 45.8 Å². The number of amides is 3. The number of anilines is 2. The summed E-state index contributed by atoms with van der Waals surface area (Å²) in [5.41, 5.74) is 0.766. The second-order valence-corrected chi connectivity index (χ2v) is 11.7. The van der Waals surface area contributed by atoms with Gasteiger partial charge in [-0.15, -0.1) is 0 Å². The van der Waals surface area contributed by atoms with Gasteiger partial charge in [0.15, 0.2) is 11.5 Å². The third-order valence-electron chi connectivity index (χ3n) is 7.19. The van der Waals surface area contributed by atoms with Crippen LogP contribution in [0.5, 0.6) is 23.0 Å². The largest absolute Gasteiger partial charge is 0.493 e. The van der Waals surface area contributed by atoms with E-state index in [0.29, 0.717) is 52.7 Å². The van der Waals surface area contributed by atoms with Crippen molar-refractivity contribution in [3.05, 3.63) is 78.5 Å². The molecule has 11 nitrogen and oxygen atoms in total. The van der Waals surface area contributed by atoms with Crippen LogP contribution in [0.3, 0.4) is 0 Å². The number of rotatable bonds is 10. The molecular weight excluding hydrogens is 576 g/mol. The van der Waals surface area contributed by atoms with E-state index >= 15 is 0 Å². The van der Waals surface area contributed by atoms with Crippen LogP contribution >= 0.6 is 0 Å². The molecular formula is C34H36N4O7. The number of nitrogens with one attached hydrogen (secondary N) is 3. The lowest BCUT2D eigenvalue weighted by Gasteiger charge is -2.20. The van der Waals surface area contributed by atoms with Gasteiger partial charge in [0.25, 0.3) is 0 Å². The minimum atomic E-state index is -1.16. The molecule has 1 fully saturated rings. The molecule has 3 aromatic carbocycles. The van der Waals surface area contributed by atoms with Gasteiger partial charge in [-0.25, -0.2) is 4.79 Å². The zero-order valence-corrected chi connectivity index (χ0v) is 25.9. The number of nitrogens with zero attached hydrogens (tertiary/aromatic N) is 1. The first kappa shape index (κ1) is 31.1. The Morgan fingerprint density at radius 1 is 0.822 bits per heavy atom. The second-order valence-electron chi connectivity index (χ2n) is 11.7. The van der Waals surface area contributed by atoms with Gasteiger partial charge in [-0.3, -0.25) is 14.6 Å². The molecule has 0 unspecified atom stereocenters. The summed E-state index contributed by atoms with van der Waals surface area (Å²) in [4.78, 5) is 42.8. The Hall–Kier alpha value is -5.32. The smallest absolute Gasteiger partial charge is 0.407 e. The number of methoxy groups -OCH3 is 2. The molecule has 11 heteroatoms. The Morgan fingerprint density at radius 3 is 2.13 bits per heavy atom. The van der Waals surface area contributed by atoms with Crippen LogP contribution in [0.2, 0.25) is 0 Å². The Bertz CT molecular complexity index is 1730. The molecule has 3 amide bonds. The maximum absolute atomic E-state index is 13.2. The van der Waals surface area contributed by atoms with Crippen molar-refractivity contribution in [3.63, 3.8) is 0 Å². The fourth-order valence-corrected chi connectivity index (χ4v) is 4.70. The molecule has 5 rings (SSSR count). The molecule has 1 aliphatic carbocycles. The number of pyridine rings is 1. The molecule has 0 saturated heterocycles. The molecule has 0 atom stereocenters. The number of hydrogen-bond donors (Lipinski definition) is 3. The number of hydrogen-bond acceptors (Lipinski definition) is 8. The lowest BCUT2D eigenvalue weighted by atomic mass is 10.0. The van der Waals surface area contributed by atoms with Gasteiger partial charge in [-0.2, -0.15) is 0 Å². The standard InChI is InChI=1S/C34H36N4O7/c1-33(2,3)45-32(41)36-20-21-7-6-8-23(17-21)38-31(40)34(14-15-34)30(39)37-22-9-11-24(12-10-22)44-27-13-16-35-26-19-29(43-5)28(42-4)18-25(26)27/h6-13,16-19H,14-15,20H2,1-5H3,(H,36,41)(H,37,39)(H,38,40). The van der Waals surface area contributed by atoms with Gasteiger partial charge >= 0.3 is 6.09 Å². The van der Waals surface area contributed by atoms with Crippen LogP contribution in [-0.2, 0) is 20.9 Å². The summed E-state index contributed by atoms with van der Waals surface area (Å²) in [7, 11) is 3.13. The van der Waals surface area contributed by atoms with E-state index in [-0.39, 0.29) is 18.4 Å². The van der Waals surface area contributed by atoms with Crippen LogP contribution < -0.4 is 30.2 Å². The number of carbonyl (C=O) groups excluding carboxylic acids is 3. The van der Waals surface area contributed by atoms with Gasteiger partial charge in [0.1, 0.15) is 22.5 Å². The van der Waals surface area contributed by atoms with Gasteiger partial charge in [-0.1, -0.05) is 12.1 Å².